The number of aliphatic hydroxyl groups is 4. The number of amides is 1. The van der Waals surface area contributed by atoms with E-state index in [4.69, 9.17) is 9.84 Å². The number of nitrogens with zero attached hydrogens (tertiary/aromatic N) is 1. The first-order chi connectivity index (χ1) is 10.4. The minimum Gasteiger partial charge on any atom is -0.394 e. The largest absolute Gasteiger partial charge is 0.394 e. The van der Waals surface area contributed by atoms with E-state index in [-0.39, 0.29) is 5.91 Å². The molecule has 0 spiro atoms. The van der Waals surface area contributed by atoms with Crippen molar-refractivity contribution in [3.05, 3.63) is 0 Å². The molecule has 4 N–H and O–H groups in total. The van der Waals surface area contributed by atoms with Crippen LogP contribution in [-0.2, 0) is 9.53 Å². The first-order valence-corrected chi connectivity index (χ1v) is 8.00. The molecule has 0 aliphatic carbocycles. The summed E-state index contributed by atoms with van der Waals surface area (Å²) in [6.07, 6.45) is -0.890. The molecule has 1 aliphatic heterocycles. The van der Waals surface area contributed by atoms with Gasteiger partial charge in [0.25, 0.3) is 0 Å². The molecule has 1 heterocycles. The molecule has 0 bridgehead atoms. The van der Waals surface area contributed by atoms with Gasteiger partial charge in [-0.3, -0.25) is 4.79 Å². The van der Waals surface area contributed by atoms with Crippen LogP contribution in [0.4, 0.5) is 0 Å². The van der Waals surface area contributed by atoms with Crippen LogP contribution in [0.15, 0.2) is 0 Å². The number of carbonyl (C=O) groups is 1. The minimum atomic E-state index is -1.46. The summed E-state index contributed by atoms with van der Waals surface area (Å²) in [4.78, 5) is 13.4. The van der Waals surface area contributed by atoms with Crippen molar-refractivity contribution in [2.24, 2.45) is 0 Å². The average Bonchev–Trinajstić information content (AvgIpc) is 2.52. The molecule has 0 radical (unpaired) electrons. The smallest absolute Gasteiger partial charge is 0.224 e. The van der Waals surface area contributed by atoms with Gasteiger partial charge in [0.2, 0.25) is 5.91 Å². The third-order valence-electron chi connectivity index (χ3n) is 4.14. The van der Waals surface area contributed by atoms with Gasteiger partial charge in [-0.15, -0.1) is 0 Å². The van der Waals surface area contributed by atoms with Crippen LogP contribution in [-0.4, -0.2) is 75.5 Å². The highest BCUT2D eigenvalue weighted by Gasteiger charge is 2.45. The van der Waals surface area contributed by atoms with Gasteiger partial charge >= 0.3 is 0 Å². The van der Waals surface area contributed by atoms with E-state index >= 15 is 0 Å². The molecule has 7 nitrogen and oxygen atoms in total. The molecule has 0 aromatic rings. The number of unbranched alkanes of at least 4 members (excludes halogenated alkanes) is 4. The van der Waals surface area contributed by atoms with Gasteiger partial charge in [-0.1, -0.05) is 32.6 Å². The van der Waals surface area contributed by atoms with Crippen LogP contribution >= 0.6 is 0 Å². The number of hydrogen-bond acceptors (Lipinski definition) is 6. The van der Waals surface area contributed by atoms with Gasteiger partial charge in [-0.05, 0) is 6.42 Å². The van der Waals surface area contributed by atoms with E-state index in [1.807, 2.05) is 0 Å². The normalized spacial score (nSPS) is 32.0. The fraction of sp³-hybridized carbons (Fsp3) is 0.933. The second-order valence-corrected chi connectivity index (χ2v) is 5.89. The van der Waals surface area contributed by atoms with Crippen LogP contribution in [0, 0.1) is 0 Å². The second kappa shape index (κ2) is 9.42. The van der Waals surface area contributed by atoms with Gasteiger partial charge in [0, 0.05) is 13.5 Å². The summed E-state index contributed by atoms with van der Waals surface area (Å²) in [7, 11) is 1.49. The molecule has 7 heteroatoms. The van der Waals surface area contributed by atoms with Gasteiger partial charge in [-0.2, -0.15) is 0 Å². The number of carbonyl (C=O) groups excluding carboxylic acids is 1. The first kappa shape index (κ1) is 19.3. The Morgan fingerprint density at radius 1 is 1.05 bits per heavy atom. The lowest BCUT2D eigenvalue weighted by atomic mass is 9.97. The van der Waals surface area contributed by atoms with Crippen molar-refractivity contribution in [1.29, 1.82) is 0 Å². The average molecular weight is 319 g/mol. The number of hydrogen-bond donors (Lipinski definition) is 4. The van der Waals surface area contributed by atoms with E-state index in [0.29, 0.717) is 6.42 Å². The lowest BCUT2D eigenvalue weighted by molar-refractivity contribution is -0.259. The molecule has 1 rings (SSSR count). The lowest BCUT2D eigenvalue weighted by Crippen LogP contribution is -2.63. The maximum atomic E-state index is 12.1. The van der Waals surface area contributed by atoms with Crippen LogP contribution in [0.2, 0.25) is 0 Å². The van der Waals surface area contributed by atoms with Gasteiger partial charge in [0.05, 0.1) is 6.61 Å². The van der Waals surface area contributed by atoms with Crippen molar-refractivity contribution in [1.82, 2.24) is 4.90 Å². The minimum absolute atomic E-state index is 0.194. The molecular weight excluding hydrogens is 290 g/mol. The third kappa shape index (κ3) is 4.89. The molecule has 0 saturated carbocycles. The van der Waals surface area contributed by atoms with E-state index in [0.717, 1.165) is 32.1 Å². The Morgan fingerprint density at radius 3 is 2.27 bits per heavy atom. The van der Waals surface area contributed by atoms with Crippen molar-refractivity contribution in [3.8, 4) is 0 Å². The first-order valence-electron chi connectivity index (χ1n) is 8.00. The van der Waals surface area contributed by atoms with Gasteiger partial charge in [0.1, 0.15) is 24.4 Å². The van der Waals surface area contributed by atoms with E-state index < -0.39 is 37.3 Å². The zero-order valence-corrected chi connectivity index (χ0v) is 13.4. The van der Waals surface area contributed by atoms with E-state index in [2.05, 4.69) is 6.92 Å². The summed E-state index contributed by atoms with van der Waals surface area (Å²) in [6.45, 7) is 1.62. The number of aliphatic hydroxyl groups excluding tert-OH is 4. The Bertz CT molecular complexity index is 338. The second-order valence-electron chi connectivity index (χ2n) is 5.89. The monoisotopic (exact) mass is 319 g/mol. The highest BCUT2D eigenvalue weighted by molar-refractivity contribution is 5.76. The Labute approximate surface area is 131 Å². The molecule has 22 heavy (non-hydrogen) atoms. The van der Waals surface area contributed by atoms with Crippen LogP contribution in [0.3, 0.4) is 0 Å². The quantitative estimate of drug-likeness (QED) is 0.453. The van der Waals surface area contributed by atoms with Gasteiger partial charge in [-0.25, -0.2) is 0 Å². The third-order valence-corrected chi connectivity index (χ3v) is 4.14. The van der Waals surface area contributed by atoms with Crippen LogP contribution in [0.25, 0.3) is 0 Å². The zero-order chi connectivity index (χ0) is 16.7. The summed E-state index contributed by atoms with van der Waals surface area (Å²) >= 11 is 0. The molecule has 5 atom stereocenters. The Hall–Kier alpha value is -0.730. The van der Waals surface area contributed by atoms with Crippen LogP contribution < -0.4 is 0 Å². The van der Waals surface area contributed by atoms with Crippen LogP contribution in [0.1, 0.15) is 45.4 Å². The molecule has 0 unspecified atom stereocenters. The highest BCUT2D eigenvalue weighted by Crippen LogP contribution is 2.23. The number of ether oxygens (including phenoxy) is 1. The highest BCUT2D eigenvalue weighted by atomic mass is 16.6. The summed E-state index contributed by atoms with van der Waals surface area (Å²) in [5.74, 6) is -0.194. The maximum Gasteiger partial charge on any atom is 0.224 e. The Morgan fingerprint density at radius 2 is 1.68 bits per heavy atom. The summed E-state index contributed by atoms with van der Waals surface area (Å²) in [5, 5.41) is 38.6. The molecule has 0 aromatic carbocycles. The Kier molecular flexibility index (Phi) is 8.27. The van der Waals surface area contributed by atoms with Crippen molar-refractivity contribution in [3.63, 3.8) is 0 Å². The van der Waals surface area contributed by atoms with E-state index in [1.54, 1.807) is 0 Å². The van der Waals surface area contributed by atoms with Crippen molar-refractivity contribution < 1.29 is 30.0 Å². The fourth-order valence-corrected chi connectivity index (χ4v) is 2.60. The summed E-state index contributed by atoms with van der Waals surface area (Å²) in [6, 6.07) is 0. The van der Waals surface area contributed by atoms with Gasteiger partial charge in [0.15, 0.2) is 6.23 Å². The van der Waals surface area contributed by atoms with E-state index in [9.17, 15) is 20.1 Å². The fourth-order valence-electron chi connectivity index (χ4n) is 2.60. The topological polar surface area (TPSA) is 110 Å². The predicted molar refractivity (Wildman–Crippen MR) is 79.9 cm³/mol. The lowest BCUT2D eigenvalue weighted by Gasteiger charge is -2.43. The van der Waals surface area contributed by atoms with Crippen molar-refractivity contribution >= 4 is 5.91 Å². The van der Waals surface area contributed by atoms with Crippen LogP contribution in [0.5, 0.6) is 0 Å². The summed E-state index contributed by atoms with van der Waals surface area (Å²) in [5.41, 5.74) is 0. The molecule has 1 saturated heterocycles. The van der Waals surface area contributed by atoms with Crippen molar-refractivity contribution in [2.45, 2.75) is 76.1 Å². The molecule has 1 amide bonds. The Balaban J connectivity index is 2.51. The standard InChI is InChI=1S/C15H29NO6/c1-3-4-5-6-7-8-11(18)16(2)15-14(21)13(20)12(19)10(9-17)22-15/h10,12-15,17,19-21H,3-9H2,1-2H3/t10-,12-,13+,14-,15-/m1/s1. The van der Waals surface area contributed by atoms with Crippen molar-refractivity contribution in [2.75, 3.05) is 13.7 Å². The SMILES string of the molecule is CCCCCCCC(=O)N(C)[C@@H]1O[C@H](CO)[C@@H](O)[C@H](O)[C@H]1O. The summed E-state index contributed by atoms with van der Waals surface area (Å²) < 4.78 is 5.35. The predicted octanol–water partition coefficient (Wildman–Crippen LogP) is -0.395. The maximum absolute atomic E-state index is 12.1. The van der Waals surface area contributed by atoms with E-state index in [1.165, 1.54) is 11.9 Å². The molecule has 1 aliphatic rings. The number of rotatable bonds is 8. The van der Waals surface area contributed by atoms with Gasteiger partial charge < -0.3 is 30.1 Å². The molecule has 130 valence electrons. The molecule has 0 aromatic heterocycles. The molecule has 1 fully saturated rings. The number of likely N-dealkylation sites (N-methyl/N-ethyl adjacent to an activating group) is 1. The zero-order valence-electron chi connectivity index (χ0n) is 13.4. The molecular formula is C15H29NO6.